The van der Waals surface area contributed by atoms with Crippen LogP contribution in [0.3, 0.4) is 0 Å². The van der Waals surface area contributed by atoms with Crippen LogP contribution >= 0.6 is 12.6 Å². The number of aliphatic carboxylic acids is 1. The molecule has 1 N–H and O–H groups in total. The lowest BCUT2D eigenvalue weighted by atomic mass is 9.84. The van der Waals surface area contributed by atoms with Crippen LogP contribution in [0.25, 0.3) is 0 Å². The number of carboxylic acids is 1. The molecule has 0 spiro atoms. The van der Waals surface area contributed by atoms with Crippen LogP contribution in [0.5, 0.6) is 11.5 Å². The summed E-state index contributed by atoms with van der Waals surface area (Å²) in [5, 5.41) is 9.05. The van der Waals surface area contributed by atoms with E-state index in [0.717, 1.165) is 5.56 Å². The molecule has 0 saturated heterocycles. The summed E-state index contributed by atoms with van der Waals surface area (Å²) < 4.78 is 9.84. The SMILES string of the molecule is CC(C)C(S)(CC(=O)O)c1ccc2c(c1)OCO2. The zero-order chi connectivity index (χ0) is 13.3. The zero-order valence-corrected chi connectivity index (χ0v) is 11.2. The molecule has 2 rings (SSSR count). The summed E-state index contributed by atoms with van der Waals surface area (Å²) in [4.78, 5) is 11.0. The van der Waals surface area contributed by atoms with Crippen LogP contribution in [0.1, 0.15) is 25.8 Å². The average molecular weight is 268 g/mol. The van der Waals surface area contributed by atoms with E-state index in [-0.39, 0.29) is 19.1 Å². The second-order valence-electron chi connectivity index (χ2n) is 4.72. The highest BCUT2D eigenvalue weighted by molar-refractivity contribution is 7.81. The molecule has 1 heterocycles. The summed E-state index contributed by atoms with van der Waals surface area (Å²) in [5.41, 5.74) is 0.840. The molecule has 1 aliphatic heterocycles. The van der Waals surface area contributed by atoms with Gasteiger partial charge in [0.05, 0.1) is 11.2 Å². The van der Waals surface area contributed by atoms with Gasteiger partial charge in [-0.05, 0) is 23.6 Å². The smallest absolute Gasteiger partial charge is 0.305 e. The molecular formula is C13H16O4S. The van der Waals surface area contributed by atoms with E-state index >= 15 is 0 Å². The van der Waals surface area contributed by atoms with E-state index in [9.17, 15) is 4.79 Å². The van der Waals surface area contributed by atoms with Crippen molar-refractivity contribution in [2.24, 2.45) is 5.92 Å². The molecule has 1 aromatic rings. The van der Waals surface area contributed by atoms with Crippen molar-refractivity contribution in [2.75, 3.05) is 6.79 Å². The fraction of sp³-hybridized carbons (Fsp3) is 0.462. The lowest BCUT2D eigenvalue weighted by Gasteiger charge is -2.32. The third-order valence-electron chi connectivity index (χ3n) is 3.25. The van der Waals surface area contributed by atoms with Gasteiger partial charge < -0.3 is 14.6 Å². The van der Waals surface area contributed by atoms with Crippen molar-refractivity contribution in [2.45, 2.75) is 25.0 Å². The predicted octanol–water partition coefficient (Wildman–Crippen LogP) is 2.67. The number of hydrogen-bond donors (Lipinski definition) is 2. The van der Waals surface area contributed by atoms with Gasteiger partial charge in [-0.25, -0.2) is 0 Å². The molecule has 1 unspecified atom stereocenters. The van der Waals surface area contributed by atoms with E-state index < -0.39 is 10.7 Å². The molecule has 1 atom stereocenters. The Kier molecular flexibility index (Phi) is 3.43. The minimum absolute atomic E-state index is 0.0343. The number of carboxylic acid groups (broad SMARTS) is 1. The van der Waals surface area contributed by atoms with E-state index in [1.165, 1.54) is 0 Å². The first-order chi connectivity index (χ1) is 8.43. The summed E-state index contributed by atoms with van der Waals surface area (Å²) >= 11 is 4.61. The Balaban J connectivity index is 2.39. The monoisotopic (exact) mass is 268 g/mol. The van der Waals surface area contributed by atoms with Gasteiger partial charge in [0.2, 0.25) is 6.79 Å². The summed E-state index contributed by atoms with van der Waals surface area (Å²) in [6.07, 6.45) is -0.0343. The molecule has 1 aliphatic rings. The molecule has 4 nitrogen and oxygen atoms in total. The van der Waals surface area contributed by atoms with Crippen LogP contribution in [0, 0.1) is 5.92 Å². The van der Waals surface area contributed by atoms with Crippen molar-refractivity contribution < 1.29 is 19.4 Å². The maximum Gasteiger partial charge on any atom is 0.305 e. The van der Waals surface area contributed by atoms with Gasteiger partial charge in [-0.15, -0.1) is 0 Å². The van der Waals surface area contributed by atoms with Crippen molar-refractivity contribution in [1.29, 1.82) is 0 Å². The van der Waals surface area contributed by atoms with Crippen LogP contribution in [0.2, 0.25) is 0 Å². The highest BCUT2D eigenvalue weighted by atomic mass is 32.1. The first-order valence-electron chi connectivity index (χ1n) is 5.78. The van der Waals surface area contributed by atoms with E-state index in [0.29, 0.717) is 11.5 Å². The third kappa shape index (κ3) is 2.27. The first kappa shape index (κ1) is 13.1. The van der Waals surface area contributed by atoms with Crippen molar-refractivity contribution in [1.82, 2.24) is 0 Å². The highest BCUT2D eigenvalue weighted by Gasteiger charge is 2.35. The largest absolute Gasteiger partial charge is 0.481 e. The minimum Gasteiger partial charge on any atom is -0.481 e. The second kappa shape index (κ2) is 4.72. The van der Waals surface area contributed by atoms with Crippen LogP contribution in [0.4, 0.5) is 0 Å². The molecule has 0 aromatic heterocycles. The summed E-state index contributed by atoms with van der Waals surface area (Å²) in [5.74, 6) is 0.555. The summed E-state index contributed by atoms with van der Waals surface area (Å²) in [6.45, 7) is 4.13. The highest BCUT2D eigenvalue weighted by Crippen LogP contribution is 2.43. The Morgan fingerprint density at radius 3 is 2.72 bits per heavy atom. The molecule has 0 fully saturated rings. The third-order valence-corrected chi connectivity index (χ3v) is 4.18. The molecule has 1 aromatic carbocycles. The Labute approximate surface area is 111 Å². The zero-order valence-electron chi connectivity index (χ0n) is 10.3. The van der Waals surface area contributed by atoms with Crippen molar-refractivity contribution in [3.8, 4) is 11.5 Å². The molecule has 0 aliphatic carbocycles. The fourth-order valence-electron chi connectivity index (χ4n) is 2.04. The summed E-state index contributed by atoms with van der Waals surface area (Å²) in [6, 6.07) is 5.47. The molecule has 98 valence electrons. The molecule has 0 radical (unpaired) electrons. The number of carbonyl (C=O) groups is 1. The molecule has 0 saturated carbocycles. The topological polar surface area (TPSA) is 55.8 Å². The number of hydrogen-bond acceptors (Lipinski definition) is 4. The maximum absolute atomic E-state index is 11.0. The Morgan fingerprint density at radius 1 is 1.44 bits per heavy atom. The molecule has 18 heavy (non-hydrogen) atoms. The quantitative estimate of drug-likeness (QED) is 0.824. The van der Waals surface area contributed by atoms with Crippen molar-refractivity contribution in [3.63, 3.8) is 0 Å². The van der Waals surface area contributed by atoms with E-state index in [4.69, 9.17) is 14.6 Å². The minimum atomic E-state index is -0.864. The van der Waals surface area contributed by atoms with E-state index in [1.807, 2.05) is 26.0 Å². The molecule has 5 heteroatoms. The van der Waals surface area contributed by atoms with Gasteiger partial charge in [0, 0.05) is 0 Å². The van der Waals surface area contributed by atoms with Gasteiger partial charge in [-0.2, -0.15) is 12.6 Å². The summed E-state index contributed by atoms with van der Waals surface area (Å²) in [7, 11) is 0. The molecular weight excluding hydrogens is 252 g/mol. The fourth-order valence-corrected chi connectivity index (χ4v) is 2.31. The lowest BCUT2D eigenvalue weighted by Crippen LogP contribution is -2.29. The molecule has 0 amide bonds. The van der Waals surface area contributed by atoms with Gasteiger partial charge >= 0.3 is 5.97 Å². The second-order valence-corrected chi connectivity index (χ2v) is 5.52. The number of ether oxygens (including phenoxy) is 2. The number of thiol groups is 1. The van der Waals surface area contributed by atoms with Crippen molar-refractivity contribution >= 4 is 18.6 Å². The molecule has 0 bridgehead atoms. The van der Waals surface area contributed by atoms with Crippen LogP contribution in [-0.4, -0.2) is 17.9 Å². The average Bonchev–Trinajstić information content (AvgIpc) is 2.74. The predicted molar refractivity (Wildman–Crippen MR) is 70.3 cm³/mol. The van der Waals surface area contributed by atoms with Gasteiger partial charge in [0.25, 0.3) is 0 Å². The van der Waals surface area contributed by atoms with Gasteiger partial charge in [0.15, 0.2) is 11.5 Å². The Morgan fingerprint density at radius 2 is 2.11 bits per heavy atom. The van der Waals surface area contributed by atoms with Crippen LogP contribution in [0.15, 0.2) is 18.2 Å². The van der Waals surface area contributed by atoms with Crippen LogP contribution in [-0.2, 0) is 9.54 Å². The van der Waals surface area contributed by atoms with E-state index in [2.05, 4.69) is 12.6 Å². The lowest BCUT2D eigenvalue weighted by molar-refractivity contribution is -0.138. The number of benzene rings is 1. The Hall–Kier alpha value is -1.36. The maximum atomic E-state index is 11.0. The van der Waals surface area contributed by atoms with Gasteiger partial charge in [0.1, 0.15) is 0 Å². The first-order valence-corrected chi connectivity index (χ1v) is 6.22. The normalized spacial score (nSPS) is 16.7. The van der Waals surface area contributed by atoms with E-state index in [1.54, 1.807) is 6.07 Å². The number of rotatable bonds is 4. The standard InChI is InChI=1S/C13H16O4S/c1-8(2)13(18,6-12(14)15)9-3-4-10-11(5-9)17-7-16-10/h3-5,8,18H,6-7H2,1-2H3,(H,14,15). The van der Waals surface area contributed by atoms with Crippen molar-refractivity contribution in [3.05, 3.63) is 23.8 Å². The van der Waals surface area contributed by atoms with Crippen LogP contribution < -0.4 is 9.47 Å². The Bertz CT molecular complexity index is 472. The number of fused-ring (bicyclic) bond motifs is 1. The van der Waals surface area contributed by atoms with Gasteiger partial charge in [-0.3, -0.25) is 4.79 Å². The van der Waals surface area contributed by atoms with Gasteiger partial charge in [-0.1, -0.05) is 19.9 Å².